The summed E-state index contributed by atoms with van der Waals surface area (Å²) in [5.41, 5.74) is 5.38. The van der Waals surface area contributed by atoms with E-state index in [0.717, 1.165) is 12.8 Å². The van der Waals surface area contributed by atoms with Crippen LogP contribution in [0.1, 0.15) is 33.1 Å². The molecule has 6 heteroatoms. The number of nitrogens with two attached hydrogens (primary N) is 1. The number of carbonyl (C=O) groups is 2. The first kappa shape index (κ1) is 17.2. The number of nitrogens with one attached hydrogen (secondary N) is 1. The monoisotopic (exact) mass is 277 g/mol. The molecule has 0 aliphatic carbocycles. The molecular weight excluding hydrogens is 254 g/mol. The van der Waals surface area contributed by atoms with Crippen LogP contribution in [-0.4, -0.2) is 42.4 Å². The van der Waals surface area contributed by atoms with Gasteiger partial charge in [-0.25, -0.2) is 0 Å². The fourth-order valence-corrected chi connectivity index (χ4v) is 2.19. The summed E-state index contributed by atoms with van der Waals surface area (Å²) in [6.07, 6.45) is 2.20. The zero-order valence-corrected chi connectivity index (χ0v) is 12.0. The Morgan fingerprint density at radius 3 is 2.61 bits per heavy atom. The van der Waals surface area contributed by atoms with Crippen molar-refractivity contribution in [1.29, 1.82) is 0 Å². The first-order valence-corrected chi connectivity index (χ1v) is 6.35. The Balaban J connectivity index is 0.00000289. The van der Waals surface area contributed by atoms with Gasteiger partial charge in [0.1, 0.15) is 6.04 Å². The highest BCUT2D eigenvalue weighted by atomic mass is 35.5. The second-order valence-electron chi connectivity index (χ2n) is 4.81. The molecule has 0 saturated carbocycles. The minimum absolute atomic E-state index is 0. The fourth-order valence-electron chi connectivity index (χ4n) is 2.19. The number of nitrogens with zero attached hydrogens (tertiary/aromatic N) is 1. The normalized spacial score (nSPS) is 16.7. The summed E-state index contributed by atoms with van der Waals surface area (Å²) in [5, 5.41) is 2.85. The molecule has 3 N–H and O–H groups in total. The Labute approximate surface area is 115 Å². The van der Waals surface area contributed by atoms with Crippen LogP contribution in [-0.2, 0) is 9.59 Å². The second-order valence-corrected chi connectivity index (χ2v) is 4.81. The summed E-state index contributed by atoms with van der Waals surface area (Å²) < 4.78 is 0. The van der Waals surface area contributed by atoms with Gasteiger partial charge in [-0.3, -0.25) is 9.59 Å². The summed E-state index contributed by atoms with van der Waals surface area (Å²) in [5.74, 6) is 0.177. The largest absolute Gasteiger partial charge is 0.354 e. The van der Waals surface area contributed by atoms with Gasteiger partial charge in [0, 0.05) is 19.5 Å². The van der Waals surface area contributed by atoms with Gasteiger partial charge in [-0.1, -0.05) is 13.8 Å². The molecule has 1 aliphatic rings. The van der Waals surface area contributed by atoms with Crippen LogP contribution >= 0.6 is 12.4 Å². The Kier molecular flexibility index (Phi) is 7.95. The van der Waals surface area contributed by atoms with Gasteiger partial charge in [0.15, 0.2) is 0 Å². The maximum absolute atomic E-state index is 12.0. The van der Waals surface area contributed by atoms with Crippen molar-refractivity contribution in [3.05, 3.63) is 0 Å². The quantitative estimate of drug-likeness (QED) is 0.695. The van der Waals surface area contributed by atoms with Crippen molar-refractivity contribution in [3.63, 3.8) is 0 Å². The Morgan fingerprint density at radius 2 is 2.17 bits per heavy atom. The van der Waals surface area contributed by atoms with Crippen LogP contribution in [0, 0.1) is 5.92 Å². The third-order valence-corrected chi connectivity index (χ3v) is 3.03. The molecule has 0 aromatic carbocycles. The molecule has 106 valence electrons. The summed E-state index contributed by atoms with van der Waals surface area (Å²) in [6.45, 7) is 5.79. The molecular formula is C12H24ClN3O2. The van der Waals surface area contributed by atoms with Crippen LogP contribution < -0.4 is 11.1 Å². The van der Waals surface area contributed by atoms with Gasteiger partial charge in [-0.05, 0) is 25.3 Å². The summed E-state index contributed by atoms with van der Waals surface area (Å²) >= 11 is 0. The first-order chi connectivity index (χ1) is 8.07. The third-order valence-electron chi connectivity index (χ3n) is 3.03. The fraction of sp³-hybridized carbons (Fsp3) is 0.833. The van der Waals surface area contributed by atoms with Crippen LogP contribution in [0.4, 0.5) is 0 Å². The van der Waals surface area contributed by atoms with Crippen molar-refractivity contribution >= 4 is 24.2 Å². The molecule has 5 nitrogen and oxygen atoms in total. The van der Waals surface area contributed by atoms with Crippen LogP contribution in [0.15, 0.2) is 0 Å². The van der Waals surface area contributed by atoms with Crippen molar-refractivity contribution in [2.24, 2.45) is 11.7 Å². The minimum atomic E-state index is -0.331. The smallest absolute Gasteiger partial charge is 0.243 e. The number of hydrogen-bond donors (Lipinski definition) is 2. The van der Waals surface area contributed by atoms with E-state index in [1.54, 1.807) is 4.90 Å². The molecule has 1 atom stereocenters. The van der Waals surface area contributed by atoms with E-state index >= 15 is 0 Å². The van der Waals surface area contributed by atoms with E-state index in [4.69, 9.17) is 5.73 Å². The lowest BCUT2D eigenvalue weighted by Crippen LogP contribution is -2.50. The lowest BCUT2D eigenvalue weighted by molar-refractivity contribution is -0.139. The molecule has 0 bridgehead atoms. The van der Waals surface area contributed by atoms with Crippen LogP contribution in [0.2, 0.25) is 0 Å². The predicted octanol–water partition coefficient (Wildman–Crippen LogP) is 0.520. The van der Waals surface area contributed by atoms with Crippen LogP contribution in [0.25, 0.3) is 0 Å². The van der Waals surface area contributed by atoms with E-state index < -0.39 is 0 Å². The average Bonchev–Trinajstić information content (AvgIpc) is 2.65. The molecule has 1 heterocycles. The lowest BCUT2D eigenvalue weighted by atomic mass is 10.0. The standard InChI is InChI=1S/C12H23N3O2.ClH/c1-9(2)11(12(17)14-7-4-6-13)15-8-3-5-10(15)16;/h9,11H,3-8,13H2,1-2H3,(H,14,17);1H. The summed E-state index contributed by atoms with van der Waals surface area (Å²) in [7, 11) is 0. The van der Waals surface area contributed by atoms with Gasteiger partial charge in [-0.15, -0.1) is 12.4 Å². The first-order valence-electron chi connectivity index (χ1n) is 6.35. The van der Waals surface area contributed by atoms with Gasteiger partial charge in [0.05, 0.1) is 0 Å². The number of amides is 2. The third kappa shape index (κ3) is 4.46. The molecule has 18 heavy (non-hydrogen) atoms. The highest BCUT2D eigenvalue weighted by molar-refractivity contribution is 5.88. The molecule has 0 spiro atoms. The lowest BCUT2D eigenvalue weighted by Gasteiger charge is -2.29. The zero-order chi connectivity index (χ0) is 12.8. The molecule has 1 rings (SSSR count). The van der Waals surface area contributed by atoms with Gasteiger partial charge >= 0.3 is 0 Å². The number of halogens is 1. The van der Waals surface area contributed by atoms with E-state index in [1.807, 2.05) is 13.8 Å². The van der Waals surface area contributed by atoms with Crippen molar-refractivity contribution in [3.8, 4) is 0 Å². The zero-order valence-electron chi connectivity index (χ0n) is 11.1. The molecule has 1 saturated heterocycles. The molecule has 0 radical (unpaired) electrons. The predicted molar refractivity (Wildman–Crippen MR) is 73.5 cm³/mol. The van der Waals surface area contributed by atoms with Gasteiger partial charge in [0.25, 0.3) is 0 Å². The number of hydrogen-bond acceptors (Lipinski definition) is 3. The maximum atomic E-state index is 12.0. The number of likely N-dealkylation sites (tertiary alicyclic amines) is 1. The van der Waals surface area contributed by atoms with E-state index in [9.17, 15) is 9.59 Å². The topological polar surface area (TPSA) is 75.4 Å². The van der Waals surface area contributed by atoms with Crippen molar-refractivity contribution in [2.75, 3.05) is 19.6 Å². The molecule has 0 aromatic rings. The van der Waals surface area contributed by atoms with Gasteiger partial charge < -0.3 is 16.0 Å². The molecule has 1 aliphatic heterocycles. The van der Waals surface area contributed by atoms with Gasteiger partial charge in [-0.2, -0.15) is 0 Å². The number of carbonyl (C=O) groups excluding carboxylic acids is 2. The second kappa shape index (κ2) is 8.32. The van der Waals surface area contributed by atoms with E-state index in [-0.39, 0.29) is 36.2 Å². The maximum Gasteiger partial charge on any atom is 0.243 e. The average molecular weight is 278 g/mol. The van der Waals surface area contributed by atoms with Crippen LogP contribution in [0.5, 0.6) is 0 Å². The summed E-state index contributed by atoms with van der Waals surface area (Å²) in [6, 6.07) is -0.331. The Hall–Kier alpha value is -0.810. The minimum Gasteiger partial charge on any atom is -0.354 e. The van der Waals surface area contributed by atoms with Gasteiger partial charge in [0.2, 0.25) is 11.8 Å². The van der Waals surface area contributed by atoms with Crippen LogP contribution in [0.3, 0.4) is 0 Å². The molecule has 1 fully saturated rings. The molecule has 1 unspecified atom stereocenters. The Bertz CT molecular complexity index is 284. The van der Waals surface area contributed by atoms with E-state index in [0.29, 0.717) is 26.1 Å². The Morgan fingerprint density at radius 1 is 1.50 bits per heavy atom. The molecule has 0 aromatic heterocycles. The highest BCUT2D eigenvalue weighted by Gasteiger charge is 2.34. The van der Waals surface area contributed by atoms with Crippen molar-refractivity contribution in [1.82, 2.24) is 10.2 Å². The SMILES string of the molecule is CC(C)C(C(=O)NCCCN)N1CCCC1=O.Cl. The van der Waals surface area contributed by atoms with E-state index in [2.05, 4.69) is 5.32 Å². The number of rotatable bonds is 6. The van der Waals surface area contributed by atoms with E-state index in [1.165, 1.54) is 0 Å². The molecule has 2 amide bonds. The van der Waals surface area contributed by atoms with Crippen molar-refractivity contribution < 1.29 is 9.59 Å². The summed E-state index contributed by atoms with van der Waals surface area (Å²) in [4.78, 5) is 25.4. The highest BCUT2D eigenvalue weighted by Crippen LogP contribution is 2.19. The van der Waals surface area contributed by atoms with Crippen molar-refractivity contribution in [2.45, 2.75) is 39.2 Å².